The Bertz CT molecular complexity index is 26.1. The molecule has 0 rings (SSSR count). The van der Waals surface area contributed by atoms with Gasteiger partial charge in [0.1, 0.15) is 0 Å². The monoisotopic (exact) mass is 146 g/mol. The zero-order chi connectivity index (χ0) is 5.54. The van der Waals surface area contributed by atoms with Crippen LogP contribution >= 0.6 is 0 Å². The largest absolute Gasteiger partial charge is 0.0654 e. The topological polar surface area (TPSA) is 0 Å². The molecule has 0 aromatic rings. The molecule has 0 aliphatic carbocycles. The van der Waals surface area contributed by atoms with Crippen molar-refractivity contribution in [3.8, 4) is 0 Å². The molecule has 0 aromatic heterocycles. The van der Waals surface area contributed by atoms with E-state index in [0.717, 1.165) is 0 Å². The first-order valence-electron chi connectivity index (χ1n) is 3.41. The smallest absolute Gasteiger partial charge is 0 e. The Balaban J connectivity index is -0.000000180. The summed E-state index contributed by atoms with van der Waals surface area (Å²) in [5.74, 6) is 0. The van der Waals surface area contributed by atoms with Crippen LogP contribution in [0.4, 0.5) is 0 Å². The maximum absolute atomic E-state index is 2.25. The maximum Gasteiger partial charge on any atom is 0 e. The van der Waals surface area contributed by atoms with Crippen molar-refractivity contribution >= 4 is 59.1 Å². The van der Waals surface area contributed by atoms with Crippen LogP contribution in [-0.4, -0.2) is 59.1 Å². The molecule has 9 heavy (non-hydrogen) atoms. The molecular weight excluding hydrogens is 130 g/mol. The standard InChI is InChI=1S/C7H16.2Na/c1-3-5-7-6-4-2;;/h3-7H2,1-2H3;;. The average Bonchev–Trinajstić information content (AvgIpc) is 1.69. The summed E-state index contributed by atoms with van der Waals surface area (Å²) in [6.45, 7) is 4.49. The summed E-state index contributed by atoms with van der Waals surface area (Å²) < 4.78 is 0. The van der Waals surface area contributed by atoms with Crippen LogP contribution in [0.5, 0.6) is 0 Å². The summed E-state index contributed by atoms with van der Waals surface area (Å²) in [5, 5.41) is 0. The van der Waals surface area contributed by atoms with Crippen molar-refractivity contribution < 1.29 is 0 Å². The molecule has 0 heterocycles. The van der Waals surface area contributed by atoms with Gasteiger partial charge >= 0.3 is 0 Å². The Morgan fingerprint density at radius 2 is 1.00 bits per heavy atom. The molecule has 0 amide bonds. The SMILES string of the molecule is CCCCCCC.[Na].[Na]. The molecule has 0 fully saturated rings. The molecule has 2 radical (unpaired) electrons. The van der Waals surface area contributed by atoms with Gasteiger partial charge in [-0.1, -0.05) is 46.0 Å². The molecular formula is C7H16Na2. The zero-order valence-corrected chi connectivity index (χ0v) is 11.5. The fraction of sp³-hybridized carbons (Fsp3) is 1.00. The molecule has 0 atom stereocenters. The van der Waals surface area contributed by atoms with E-state index in [4.69, 9.17) is 0 Å². The van der Waals surface area contributed by atoms with Crippen LogP contribution in [0.25, 0.3) is 0 Å². The van der Waals surface area contributed by atoms with Gasteiger partial charge in [0.05, 0.1) is 0 Å². The minimum Gasteiger partial charge on any atom is -0.0654 e. The van der Waals surface area contributed by atoms with E-state index < -0.39 is 0 Å². The van der Waals surface area contributed by atoms with Crippen molar-refractivity contribution in [2.75, 3.05) is 0 Å². The summed E-state index contributed by atoms with van der Waals surface area (Å²) in [6.07, 6.45) is 7.01. The molecule has 0 N–H and O–H groups in total. The van der Waals surface area contributed by atoms with Crippen molar-refractivity contribution in [3.63, 3.8) is 0 Å². The Hall–Kier alpha value is 2.00. The van der Waals surface area contributed by atoms with Gasteiger partial charge < -0.3 is 0 Å². The third kappa shape index (κ3) is 17.8. The van der Waals surface area contributed by atoms with Crippen LogP contribution in [-0.2, 0) is 0 Å². The third-order valence-electron chi connectivity index (χ3n) is 1.21. The molecule has 0 saturated heterocycles. The summed E-state index contributed by atoms with van der Waals surface area (Å²) in [7, 11) is 0. The minimum absolute atomic E-state index is 0. The molecule has 0 aliphatic heterocycles. The first-order chi connectivity index (χ1) is 3.41. The number of rotatable bonds is 4. The van der Waals surface area contributed by atoms with Gasteiger partial charge in [-0.2, -0.15) is 0 Å². The number of hydrogen-bond acceptors (Lipinski definition) is 0. The van der Waals surface area contributed by atoms with Crippen LogP contribution in [0.15, 0.2) is 0 Å². The summed E-state index contributed by atoms with van der Waals surface area (Å²) >= 11 is 0. The fourth-order valence-corrected chi connectivity index (χ4v) is 0.677. The van der Waals surface area contributed by atoms with Gasteiger partial charge in [-0.25, -0.2) is 0 Å². The molecule has 2 heteroatoms. The number of hydrogen-bond donors (Lipinski definition) is 0. The Morgan fingerprint density at radius 1 is 0.667 bits per heavy atom. The van der Waals surface area contributed by atoms with Crippen molar-refractivity contribution in [2.45, 2.75) is 46.0 Å². The molecule has 46 valence electrons. The third-order valence-corrected chi connectivity index (χ3v) is 1.21. The second kappa shape index (κ2) is 16.5. The van der Waals surface area contributed by atoms with E-state index >= 15 is 0 Å². The Morgan fingerprint density at radius 3 is 1.22 bits per heavy atom. The summed E-state index contributed by atoms with van der Waals surface area (Å²) in [5.41, 5.74) is 0. The second-order valence-electron chi connectivity index (χ2n) is 2.06. The van der Waals surface area contributed by atoms with Gasteiger partial charge in [0, 0.05) is 59.1 Å². The van der Waals surface area contributed by atoms with Gasteiger partial charge in [-0.3, -0.25) is 0 Å². The van der Waals surface area contributed by atoms with Crippen molar-refractivity contribution in [2.24, 2.45) is 0 Å². The van der Waals surface area contributed by atoms with E-state index in [1.165, 1.54) is 32.1 Å². The van der Waals surface area contributed by atoms with Gasteiger partial charge in [-0.15, -0.1) is 0 Å². The molecule has 0 aromatic carbocycles. The average molecular weight is 146 g/mol. The first kappa shape index (κ1) is 17.2. The summed E-state index contributed by atoms with van der Waals surface area (Å²) in [4.78, 5) is 0. The van der Waals surface area contributed by atoms with E-state index in [0.29, 0.717) is 0 Å². The van der Waals surface area contributed by atoms with E-state index in [1.807, 2.05) is 0 Å². The molecule has 0 unspecified atom stereocenters. The molecule has 0 bridgehead atoms. The van der Waals surface area contributed by atoms with Gasteiger partial charge in [-0.05, 0) is 0 Å². The van der Waals surface area contributed by atoms with E-state index in [1.54, 1.807) is 0 Å². The van der Waals surface area contributed by atoms with Gasteiger partial charge in [0.25, 0.3) is 0 Å². The normalized spacial score (nSPS) is 7.33. The minimum atomic E-state index is 0. The first-order valence-corrected chi connectivity index (χ1v) is 3.41. The van der Waals surface area contributed by atoms with E-state index in [9.17, 15) is 0 Å². The van der Waals surface area contributed by atoms with Crippen LogP contribution in [0.3, 0.4) is 0 Å². The van der Waals surface area contributed by atoms with Crippen LogP contribution < -0.4 is 0 Å². The predicted octanol–water partition coefficient (Wildman–Crippen LogP) is 2.22. The van der Waals surface area contributed by atoms with Crippen molar-refractivity contribution in [1.82, 2.24) is 0 Å². The molecule has 0 saturated carbocycles. The van der Waals surface area contributed by atoms with E-state index in [2.05, 4.69) is 13.8 Å². The van der Waals surface area contributed by atoms with Crippen LogP contribution in [0.1, 0.15) is 46.0 Å². The van der Waals surface area contributed by atoms with Crippen LogP contribution in [0.2, 0.25) is 0 Å². The van der Waals surface area contributed by atoms with Gasteiger partial charge in [0.2, 0.25) is 0 Å². The van der Waals surface area contributed by atoms with Gasteiger partial charge in [0.15, 0.2) is 0 Å². The molecule has 0 nitrogen and oxygen atoms in total. The quantitative estimate of drug-likeness (QED) is 0.421. The molecule has 0 spiro atoms. The van der Waals surface area contributed by atoms with Crippen molar-refractivity contribution in [3.05, 3.63) is 0 Å². The predicted molar refractivity (Wildman–Crippen MR) is 45.9 cm³/mol. The van der Waals surface area contributed by atoms with Crippen molar-refractivity contribution in [1.29, 1.82) is 0 Å². The van der Waals surface area contributed by atoms with E-state index in [-0.39, 0.29) is 59.1 Å². The number of unbranched alkanes of at least 4 members (excludes halogenated alkanes) is 4. The second-order valence-corrected chi connectivity index (χ2v) is 2.06. The Labute approximate surface area is 104 Å². The Kier molecular flexibility index (Phi) is 31.6. The summed E-state index contributed by atoms with van der Waals surface area (Å²) in [6, 6.07) is 0. The van der Waals surface area contributed by atoms with Crippen LogP contribution in [0, 0.1) is 0 Å². The zero-order valence-electron chi connectivity index (χ0n) is 7.54. The maximum atomic E-state index is 2.25. The molecule has 0 aliphatic rings. The fourth-order valence-electron chi connectivity index (χ4n) is 0.677.